The van der Waals surface area contributed by atoms with Crippen molar-refractivity contribution in [1.82, 2.24) is 5.43 Å². The standard InChI is InChI=1S/C18H24N2O/c1-11-8-13(3)17(14(4)9-11)18(20-19)16-7-6-15(21-5)10-12(16)2/h6-10,18,20H,19H2,1-5H3. The largest absolute Gasteiger partial charge is 0.497 e. The highest BCUT2D eigenvalue weighted by Crippen LogP contribution is 2.31. The summed E-state index contributed by atoms with van der Waals surface area (Å²) in [5.41, 5.74) is 10.3. The normalized spacial score (nSPS) is 12.3. The fraction of sp³-hybridized carbons (Fsp3) is 0.333. The van der Waals surface area contributed by atoms with E-state index in [-0.39, 0.29) is 6.04 Å². The van der Waals surface area contributed by atoms with Crippen LogP contribution in [-0.2, 0) is 0 Å². The summed E-state index contributed by atoms with van der Waals surface area (Å²) < 4.78 is 5.28. The highest BCUT2D eigenvalue weighted by Gasteiger charge is 2.19. The quantitative estimate of drug-likeness (QED) is 0.667. The van der Waals surface area contributed by atoms with Crippen molar-refractivity contribution in [3.05, 3.63) is 63.7 Å². The van der Waals surface area contributed by atoms with Gasteiger partial charge in [0, 0.05) is 0 Å². The Balaban J connectivity index is 2.55. The van der Waals surface area contributed by atoms with Gasteiger partial charge in [-0.1, -0.05) is 23.8 Å². The van der Waals surface area contributed by atoms with Crippen LogP contribution in [0.4, 0.5) is 0 Å². The maximum absolute atomic E-state index is 5.87. The van der Waals surface area contributed by atoms with Gasteiger partial charge >= 0.3 is 0 Å². The Labute approximate surface area is 127 Å². The van der Waals surface area contributed by atoms with Crippen molar-refractivity contribution in [2.24, 2.45) is 5.84 Å². The first-order chi connectivity index (χ1) is 9.97. The van der Waals surface area contributed by atoms with Gasteiger partial charge in [-0.3, -0.25) is 5.84 Å². The van der Waals surface area contributed by atoms with Crippen molar-refractivity contribution in [1.29, 1.82) is 0 Å². The van der Waals surface area contributed by atoms with E-state index in [1.54, 1.807) is 7.11 Å². The minimum absolute atomic E-state index is 0.0171. The highest BCUT2D eigenvalue weighted by atomic mass is 16.5. The summed E-state index contributed by atoms with van der Waals surface area (Å²) in [5.74, 6) is 6.74. The van der Waals surface area contributed by atoms with Crippen molar-refractivity contribution in [2.45, 2.75) is 33.7 Å². The molecule has 3 N–H and O–H groups in total. The first-order valence-electron chi connectivity index (χ1n) is 7.16. The summed E-state index contributed by atoms with van der Waals surface area (Å²) in [6, 6.07) is 10.5. The SMILES string of the molecule is COc1ccc(C(NN)c2c(C)cc(C)cc2C)c(C)c1. The second-order valence-electron chi connectivity index (χ2n) is 5.63. The summed E-state index contributed by atoms with van der Waals surface area (Å²) in [7, 11) is 1.68. The van der Waals surface area contributed by atoms with Gasteiger partial charge in [0.15, 0.2) is 0 Å². The van der Waals surface area contributed by atoms with E-state index in [4.69, 9.17) is 10.6 Å². The zero-order valence-corrected chi connectivity index (χ0v) is 13.4. The lowest BCUT2D eigenvalue weighted by Gasteiger charge is -2.24. The molecule has 3 heteroatoms. The predicted molar refractivity (Wildman–Crippen MR) is 87.6 cm³/mol. The summed E-state index contributed by atoms with van der Waals surface area (Å²) in [4.78, 5) is 0. The van der Waals surface area contributed by atoms with Gasteiger partial charge < -0.3 is 4.74 Å². The average Bonchev–Trinajstić information content (AvgIpc) is 2.43. The molecule has 0 fully saturated rings. The summed E-state index contributed by atoms with van der Waals surface area (Å²) in [6.07, 6.45) is 0. The number of nitrogens with one attached hydrogen (secondary N) is 1. The van der Waals surface area contributed by atoms with Crippen LogP contribution in [0.1, 0.15) is 39.4 Å². The highest BCUT2D eigenvalue weighted by molar-refractivity contribution is 5.47. The first kappa shape index (κ1) is 15.5. The molecule has 0 aliphatic rings. The van der Waals surface area contributed by atoms with Gasteiger partial charge in [0.25, 0.3) is 0 Å². The Morgan fingerprint density at radius 3 is 2.05 bits per heavy atom. The minimum Gasteiger partial charge on any atom is -0.497 e. The molecule has 0 spiro atoms. The fourth-order valence-corrected chi connectivity index (χ4v) is 3.07. The third-order valence-electron chi connectivity index (χ3n) is 3.98. The number of aryl methyl sites for hydroxylation is 4. The van der Waals surface area contributed by atoms with E-state index in [0.29, 0.717) is 0 Å². The zero-order chi connectivity index (χ0) is 15.6. The maximum atomic E-state index is 5.87. The Morgan fingerprint density at radius 2 is 1.57 bits per heavy atom. The van der Waals surface area contributed by atoms with E-state index in [1.807, 2.05) is 12.1 Å². The third-order valence-corrected chi connectivity index (χ3v) is 3.98. The number of ether oxygens (including phenoxy) is 1. The van der Waals surface area contributed by atoms with Gasteiger partial charge in [-0.25, -0.2) is 5.43 Å². The summed E-state index contributed by atoms with van der Waals surface area (Å²) in [6.45, 7) is 8.48. The molecule has 2 rings (SSSR count). The van der Waals surface area contributed by atoms with Gasteiger partial charge in [0.05, 0.1) is 13.2 Å². The van der Waals surface area contributed by atoms with Crippen LogP contribution in [0.15, 0.2) is 30.3 Å². The molecular formula is C18H24N2O. The molecule has 2 aromatic carbocycles. The topological polar surface area (TPSA) is 47.3 Å². The Bertz CT molecular complexity index is 627. The number of nitrogens with two attached hydrogens (primary N) is 1. The van der Waals surface area contributed by atoms with Crippen molar-refractivity contribution in [3.8, 4) is 5.75 Å². The number of rotatable bonds is 4. The van der Waals surface area contributed by atoms with Crippen molar-refractivity contribution in [3.63, 3.8) is 0 Å². The second-order valence-corrected chi connectivity index (χ2v) is 5.63. The van der Waals surface area contributed by atoms with Crippen LogP contribution >= 0.6 is 0 Å². The van der Waals surface area contributed by atoms with Gasteiger partial charge in [-0.2, -0.15) is 0 Å². The number of hydrogen-bond donors (Lipinski definition) is 2. The molecular weight excluding hydrogens is 260 g/mol. The van der Waals surface area contributed by atoms with Gasteiger partial charge in [0.1, 0.15) is 5.75 Å². The Morgan fingerprint density at radius 1 is 0.952 bits per heavy atom. The smallest absolute Gasteiger partial charge is 0.119 e. The lowest BCUT2D eigenvalue weighted by Crippen LogP contribution is -2.30. The third kappa shape index (κ3) is 3.09. The zero-order valence-electron chi connectivity index (χ0n) is 13.4. The molecule has 112 valence electrons. The van der Waals surface area contributed by atoms with Gasteiger partial charge in [-0.05, 0) is 67.6 Å². The van der Waals surface area contributed by atoms with Crippen molar-refractivity contribution >= 4 is 0 Å². The first-order valence-corrected chi connectivity index (χ1v) is 7.16. The van der Waals surface area contributed by atoms with E-state index < -0.39 is 0 Å². The van der Waals surface area contributed by atoms with Crippen LogP contribution in [0.2, 0.25) is 0 Å². The molecule has 0 aromatic heterocycles. The minimum atomic E-state index is -0.0171. The van der Waals surface area contributed by atoms with Crippen LogP contribution in [0.5, 0.6) is 5.75 Å². The molecule has 0 aliphatic carbocycles. The molecule has 0 saturated heterocycles. The molecule has 1 atom stereocenters. The summed E-state index contributed by atoms with van der Waals surface area (Å²) >= 11 is 0. The molecule has 0 amide bonds. The fourth-order valence-electron chi connectivity index (χ4n) is 3.07. The molecule has 0 aliphatic heterocycles. The maximum Gasteiger partial charge on any atom is 0.119 e. The number of benzene rings is 2. The molecule has 1 unspecified atom stereocenters. The summed E-state index contributed by atoms with van der Waals surface area (Å²) in [5, 5.41) is 0. The van der Waals surface area contributed by atoms with E-state index in [2.05, 4.69) is 51.3 Å². The van der Waals surface area contributed by atoms with Crippen molar-refractivity contribution in [2.75, 3.05) is 7.11 Å². The Hall–Kier alpha value is -1.84. The van der Waals surface area contributed by atoms with E-state index in [9.17, 15) is 0 Å². The van der Waals surface area contributed by atoms with Crippen LogP contribution in [0, 0.1) is 27.7 Å². The van der Waals surface area contributed by atoms with E-state index in [1.165, 1.54) is 27.8 Å². The van der Waals surface area contributed by atoms with Crippen molar-refractivity contribution < 1.29 is 4.74 Å². The van der Waals surface area contributed by atoms with Crippen LogP contribution in [0.25, 0.3) is 0 Å². The average molecular weight is 284 g/mol. The molecule has 0 heterocycles. The molecule has 0 bridgehead atoms. The Kier molecular flexibility index (Phi) is 4.66. The van der Waals surface area contributed by atoms with Crippen LogP contribution < -0.4 is 16.0 Å². The number of methoxy groups -OCH3 is 1. The van der Waals surface area contributed by atoms with Crippen LogP contribution in [0.3, 0.4) is 0 Å². The molecule has 0 radical (unpaired) electrons. The lowest BCUT2D eigenvalue weighted by molar-refractivity contribution is 0.414. The van der Waals surface area contributed by atoms with Crippen LogP contribution in [-0.4, -0.2) is 7.11 Å². The number of hydrogen-bond acceptors (Lipinski definition) is 3. The number of hydrazine groups is 1. The van der Waals surface area contributed by atoms with E-state index >= 15 is 0 Å². The van der Waals surface area contributed by atoms with Gasteiger partial charge in [-0.15, -0.1) is 0 Å². The molecule has 3 nitrogen and oxygen atoms in total. The predicted octanol–water partition coefficient (Wildman–Crippen LogP) is 3.48. The van der Waals surface area contributed by atoms with E-state index in [0.717, 1.165) is 11.3 Å². The molecule has 2 aromatic rings. The monoisotopic (exact) mass is 284 g/mol. The molecule has 21 heavy (non-hydrogen) atoms. The van der Waals surface area contributed by atoms with Gasteiger partial charge in [0.2, 0.25) is 0 Å². The molecule has 0 saturated carbocycles. The second kappa shape index (κ2) is 6.29. The lowest BCUT2D eigenvalue weighted by atomic mass is 9.88.